The normalized spacial score (nSPS) is 10.5. The second-order valence-corrected chi connectivity index (χ2v) is 8.12. The molecule has 2 N–H and O–H groups in total. The van der Waals surface area contributed by atoms with E-state index in [0.717, 1.165) is 46.1 Å². The summed E-state index contributed by atoms with van der Waals surface area (Å²) in [6, 6.07) is 29.6. The van der Waals surface area contributed by atoms with Gasteiger partial charge in [0.15, 0.2) is 0 Å². The van der Waals surface area contributed by atoms with Crippen molar-refractivity contribution in [1.29, 1.82) is 0 Å². The fourth-order valence-corrected chi connectivity index (χ4v) is 4.15. The molecule has 0 saturated heterocycles. The van der Waals surface area contributed by atoms with Crippen molar-refractivity contribution in [2.45, 2.75) is 11.3 Å². The lowest BCUT2D eigenvalue weighted by Gasteiger charge is -2.13. The number of benzene rings is 3. The van der Waals surface area contributed by atoms with E-state index >= 15 is 0 Å². The second-order valence-electron chi connectivity index (χ2n) is 7.28. The molecule has 0 aliphatic carbocycles. The van der Waals surface area contributed by atoms with Gasteiger partial charge < -0.3 is 10.6 Å². The zero-order valence-electron chi connectivity index (χ0n) is 17.9. The molecule has 1 heterocycles. The van der Waals surface area contributed by atoms with Gasteiger partial charge in [-0.15, -0.1) is 11.8 Å². The highest BCUT2D eigenvalue weighted by molar-refractivity contribution is 7.98. The molecule has 0 aliphatic heterocycles. The van der Waals surface area contributed by atoms with Crippen LogP contribution in [0.1, 0.15) is 16.1 Å². The van der Waals surface area contributed by atoms with Crippen molar-refractivity contribution in [3.8, 4) is 11.1 Å². The summed E-state index contributed by atoms with van der Waals surface area (Å²) in [7, 11) is 0. The van der Waals surface area contributed by atoms with Crippen LogP contribution in [0, 0.1) is 0 Å². The van der Waals surface area contributed by atoms with Gasteiger partial charge in [-0.2, -0.15) is 0 Å². The Morgan fingerprint density at radius 1 is 0.812 bits per heavy atom. The van der Waals surface area contributed by atoms with Crippen molar-refractivity contribution in [1.82, 2.24) is 4.98 Å². The minimum atomic E-state index is -0.118. The number of pyridine rings is 1. The monoisotopic (exact) mass is 439 g/mol. The highest BCUT2D eigenvalue weighted by atomic mass is 32.2. The number of anilines is 2. The van der Waals surface area contributed by atoms with Crippen molar-refractivity contribution in [2.24, 2.45) is 0 Å². The summed E-state index contributed by atoms with van der Waals surface area (Å²) in [6.07, 6.45) is 4.71. The number of nitrogens with one attached hydrogen (secondary N) is 2. The first-order valence-electron chi connectivity index (χ1n) is 10.5. The molecule has 5 heteroatoms. The maximum atomic E-state index is 13.1. The van der Waals surface area contributed by atoms with E-state index < -0.39 is 0 Å². The summed E-state index contributed by atoms with van der Waals surface area (Å²) in [5, 5.41) is 6.43. The predicted octanol–water partition coefficient (Wildman–Crippen LogP) is 6.38. The molecule has 0 fully saturated rings. The van der Waals surface area contributed by atoms with Crippen molar-refractivity contribution >= 4 is 29.0 Å². The Kier molecular flexibility index (Phi) is 7.20. The van der Waals surface area contributed by atoms with E-state index in [1.807, 2.05) is 91.3 Å². The SMILES string of the molecule is CSc1ccccc1-c1ccccc1C(=O)Nc1ccc(NCCc2ccccn2)cc1. The number of rotatable bonds is 8. The van der Waals surface area contributed by atoms with Gasteiger partial charge in [-0.3, -0.25) is 9.78 Å². The number of amides is 1. The molecular formula is C27H25N3OS. The molecule has 0 unspecified atom stereocenters. The topological polar surface area (TPSA) is 54.0 Å². The lowest BCUT2D eigenvalue weighted by atomic mass is 9.99. The lowest BCUT2D eigenvalue weighted by Crippen LogP contribution is -2.13. The molecular weight excluding hydrogens is 414 g/mol. The second kappa shape index (κ2) is 10.6. The Bertz CT molecular complexity index is 1180. The summed E-state index contributed by atoms with van der Waals surface area (Å²) in [5.41, 5.74) is 5.49. The first kappa shape index (κ1) is 21.7. The van der Waals surface area contributed by atoms with Gasteiger partial charge in [0.25, 0.3) is 5.91 Å². The van der Waals surface area contributed by atoms with Gasteiger partial charge in [0.05, 0.1) is 0 Å². The summed E-state index contributed by atoms with van der Waals surface area (Å²) in [5.74, 6) is -0.118. The lowest BCUT2D eigenvalue weighted by molar-refractivity contribution is 0.102. The van der Waals surface area contributed by atoms with E-state index in [4.69, 9.17) is 0 Å². The van der Waals surface area contributed by atoms with Gasteiger partial charge in [0.1, 0.15) is 0 Å². The Balaban J connectivity index is 1.42. The van der Waals surface area contributed by atoms with Gasteiger partial charge >= 0.3 is 0 Å². The molecule has 1 amide bonds. The number of hydrogen-bond acceptors (Lipinski definition) is 4. The maximum Gasteiger partial charge on any atom is 0.256 e. The average Bonchev–Trinajstić information content (AvgIpc) is 2.85. The van der Waals surface area contributed by atoms with Gasteiger partial charge in [0, 0.05) is 46.7 Å². The predicted molar refractivity (Wildman–Crippen MR) is 134 cm³/mol. The van der Waals surface area contributed by atoms with Crippen LogP contribution in [0.3, 0.4) is 0 Å². The van der Waals surface area contributed by atoms with Crippen LogP contribution in [0.25, 0.3) is 11.1 Å². The molecule has 160 valence electrons. The molecule has 0 bridgehead atoms. The summed E-state index contributed by atoms with van der Waals surface area (Å²) in [4.78, 5) is 18.6. The first-order valence-corrected chi connectivity index (χ1v) is 11.7. The number of aromatic nitrogens is 1. The van der Waals surface area contributed by atoms with Crippen LogP contribution in [0.15, 0.2) is 102 Å². The molecule has 32 heavy (non-hydrogen) atoms. The Hall–Kier alpha value is -3.57. The maximum absolute atomic E-state index is 13.1. The van der Waals surface area contributed by atoms with E-state index in [1.165, 1.54) is 0 Å². The van der Waals surface area contributed by atoms with Gasteiger partial charge in [-0.05, 0) is 65.9 Å². The van der Waals surface area contributed by atoms with Crippen molar-refractivity contribution in [2.75, 3.05) is 23.4 Å². The third kappa shape index (κ3) is 5.37. The zero-order chi connectivity index (χ0) is 22.2. The van der Waals surface area contributed by atoms with Gasteiger partial charge in [0.2, 0.25) is 0 Å². The van der Waals surface area contributed by atoms with Crippen molar-refractivity contribution in [3.05, 3.63) is 108 Å². The largest absolute Gasteiger partial charge is 0.385 e. The number of thioether (sulfide) groups is 1. The van der Waals surface area contributed by atoms with Gasteiger partial charge in [-0.25, -0.2) is 0 Å². The fourth-order valence-electron chi connectivity index (χ4n) is 3.53. The molecule has 3 aromatic carbocycles. The van der Waals surface area contributed by atoms with Crippen LogP contribution < -0.4 is 10.6 Å². The molecule has 4 aromatic rings. The van der Waals surface area contributed by atoms with Crippen LogP contribution in [-0.4, -0.2) is 23.7 Å². The number of carbonyl (C=O) groups excluding carboxylic acids is 1. The summed E-state index contributed by atoms with van der Waals surface area (Å²) < 4.78 is 0. The third-order valence-electron chi connectivity index (χ3n) is 5.15. The summed E-state index contributed by atoms with van der Waals surface area (Å²) >= 11 is 1.68. The zero-order valence-corrected chi connectivity index (χ0v) is 18.7. The van der Waals surface area contributed by atoms with Crippen LogP contribution in [-0.2, 0) is 6.42 Å². The molecule has 0 saturated carbocycles. The number of nitrogens with zero attached hydrogens (tertiary/aromatic N) is 1. The number of carbonyl (C=O) groups is 1. The smallest absolute Gasteiger partial charge is 0.256 e. The van der Waals surface area contributed by atoms with Crippen LogP contribution in [0.4, 0.5) is 11.4 Å². The average molecular weight is 440 g/mol. The van der Waals surface area contributed by atoms with E-state index in [1.54, 1.807) is 11.8 Å². The molecule has 4 rings (SSSR count). The Morgan fingerprint density at radius 2 is 1.50 bits per heavy atom. The first-order chi connectivity index (χ1) is 15.7. The van der Waals surface area contributed by atoms with Crippen molar-refractivity contribution < 1.29 is 4.79 Å². The van der Waals surface area contributed by atoms with Crippen LogP contribution >= 0.6 is 11.8 Å². The van der Waals surface area contributed by atoms with E-state index in [-0.39, 0.29) is 5.91 Å². The number of hydrogen-bond donors (Lipinski definition) is 2. The molecule has 0 radical (unpaired) electrons. The minimum absolute atomic E-state index is 0.118. The van der Waals surface area contributed by atoms with E-state index in [2.05, 4.69) is 27.8 Å². The van der Waals surface area contributed by atoms with E-state index in [0.29, 0.717) is 5.56 Å². The standard InChI is InChI=1S/C27H25N3OS/c1-32-26-12-5-4-10-24(26)23-9-2-3-11-25(23)27(31)30-22-15-13-21(14-16-22)29-19-17-20-8-6-7-18-28-20/h2-16,18,29H,17,19H2,1H3,(H,30,31). The molecule has 0 atom stereocenters. The van der Waals surface area contributed by atoms with Crippen LogP contribution in [0.5, 0.6) is 0 Å². The summed E-state index contributed by atoms with van der Waals surface area (Å²) in [6.45, 7) is 0.797. The van der Waals surface area contributed by atoms with Crippen LogP contribution in [0.2, 0.25) is 0 Å². The van der Waals surface area contributed by atoms with Gasteiger partial charge in [-0.1, -0.05) is 42.5 Å². The Labute approximate surface area is 193 Å². The third-order valence-corrected chi connectivity index (χ3v) is 5.94. The highest BCUT2D eigenvalue weighted by Gasteiger charge is 2.14. The highest BCUT2D eigenvalue weighted by Crippen LogP contribution is 2.32. The Morgan fingerprint density at radius 3 is 2.25 bits per heavy atom. The molecule has 1 aromatic heterocycles. The quantitative estimate of drug-likeness (QED) is 0.313. The van der Waals surface area contributed by atoms with Crippen molar-refractivity contribution in [3.63, 3.8) is 0 Å². The van der Waals surface area contributed by atoms with E-state index in [9.17, 15) is 4.79 Å². The minimum Gasteiger partial charge on any atom is -0.385 e. The molecule has 0 spiro atoms. The molecule has 4 nitrogen and oxygen atoms in total. The molecule has 0 aliphatic rings. The fraction of sp³-hybridized carbons (Fsp3) is 0.111.